The quantitative estimate of drug-likeness (QED) is 0.920. The lowest BCUT2D eigenvalue weighted by Crippen LogP contribution is -2.20. The Labute approximate surface area is 110 Å². The number of amidine groups is 1. The summed E-state index contributed by atoms with van der Waals surface area (Å²) in [6.07, 6.45) is 0. The summed E-state index contributed by atoms with van der Waals surface area (Å²) in [5.41, 5.74) is 0.751. The molecule has 1 aromatic rings. The normalized spacial score (nSPS) is 14.2. The molecule has 1 aromatic carbocycles. The Morgan fingerprint density at radius 1 is 1.24 bits per heavy atom. The molecule has 0 spiro atoms. The van der Waals surface area contributed by atoms with E-state index < -0.39 is 0 Å². The molecule has 1 N–H and O–H groups in total. The van der Waals surface area contributed by atoms with Gasteiger partial charge in [0.05, 0.1) is 31.4 Å². The molecule has 0 radical (unpaired) electrons. The largest absolute Gasteiger partial charge is 0.494 e. The van der Waals surface area contributed by atoms with E-state index in [0.29, 0.717) is 21.5 Å². The Morgan fingerprint density at radius 3 is 2.47 bits per heavy atom. The molecule has 0 aliphatic carbocycles. The van der Waals surface area contributed by atoms with Crippen molar-refractivity contribution in [3.05, 3.63) is 21.7 Å². The molecule has 0 saturated heterocycles. The fourth-order valence-electron chi connectivity index (χ4n) is 1.72. The third-order valence-corrected chi connectivity index (χ3v) is 3.09. The molecule has 6 heteroatoms. The zero-order valence-corrected chi connectivity index (χ0v) is 11.0. The first-order chi connectivity index (χ1) is 8.19. The Bertz CT molecular complexity index is 475. The fraction of sp³-hybridized carbons (Fsp3) is 0.364. The average Bonchev–Trinajstić information content (AvgIpc) is 2.82. The smallest absolute Gasteiger partial charge is 0.159 e. The lowest BCUT2D eigenvalue weighted by atomic mass is 10.1. The number of methoxy groups -OCH3 is 2. The Hall–Kier alpha value is -1.13. The number of nitrogens with zero attached hydrogens (tertiary/aromatic N) is 1. The van der Waals surface area contributed by atoms with Crippen LogP contribution in [-0.4, -0.2) is 33.1 Å². The molecule has 0 amide bonds. The predicted octanol–water partition coefficient (Wildman–Crippen LogP) is 2.36. The molecular formula is C11H12Cl2N2O2. The van der Waals surface area contributed by atoms with E-state index in [9.17, 15) is 0 Å². The fourth-order valence-corrected chi connectivity index (χ4v) is 2.41. The summed E-state index contributed by atoms with van der Waals surface area (Å²) in [7, 11) is 3.06. The van der Waals surface area contributed by atoms with Crippen molar-refractivity contribution in [3.63, 3.8) is 0 Å². The first-order valence-electron chi connectivity index (χ1n) is 5.07. The third-order valence-electron chi connectivity index (χ3n) is 2.47. The van der Waals surface area contributed by atoms with Crippen molar-refractivity contribution < 1.29 is 9.47 Å². The van der Waals surface area contributed by atoms with Gasteiger partial charge in [0.25, 0.3) is 0 Å². The maximum absolute atomic E-state index is 6.18. The van der Waals surface area contributed by atoms with E-state index in [1.54, 1.807) is 13.2 Å². The predicted molar refractivity (Wildman–Crippen MR) is 69.0 cm³/mol. The maximum Gasteiger partial charge on any atom is 0.159 e. The van der Waals surface area contributed by atoms with E-state index in [0.717, 1.165) is 24.5 Å². The van der Waals surface area contributed by atoms with E-state index in [-0.39, 0.29) is 0 Å². The first kappa shape index (κ1) is 12.3. The van der Waals surface area contributed by atoms with Gasteiger partial charge < -0.3 is 14.8 Å². The summed E-state index contributed by atoms with van der Waals surface area (Å²) in [5.74, 6) is 1.67. The van der Waals surface area contributed by atoms with Crippen molar-refractivity contribution in [1.82, 2.24) is 5.32 Å². The monoisotopic (exact) mass is 274 g/mol. The highest BCUT2D eigenvalue weighted by Crippen LogP contribution is 2.42. The van der Waals surface area contributed by atoms with Crippen LogP contribution in [0.5, 0.6) is 11.5 Å². The second kappa shape index (κ2) is 5.02. The van der Waals surface area contributed by atoms with Crippen LogP contribution in [0.3, 0.4) is 0 Å². The van der Waals surface area contributed by atoms with Gasteiger partial charge in [-0.1, -0.05) is 23.2 Å². The van der Waals surface area contributed by atoms with Crippen LogP contribution in [0.25, 0.3) is 0 Å². The van der Waals surface area contributed by atoms with Crippen LogP contribution in [0.1, 0.15) is 5.56 Å². The molecule has 92 valence electrons. The number of aliphatic imine (C=N–C) groups is 1. The topological polar surface area (TPSA) is 42.8 Å². The van der Waals surface area contributed by atoms with Gasteiger partial charge in [-0.3, -0.25) is 4.99 Å². The van der Waals surface area contributed by atoms with E-state index >= 15 is 0 Å². The summed E-state index contributed by atoms with van der Waals surface area (Å²) in [6, 6.07) is 1.74. The highest BCUT2D eigenvalue weighted by Gasteiger charge is 2.21. The minimum atomic E-state index is 0.355. The minimum Gasteiger partial charge on any atom is -0.494 e. The Kier molecular flexibility index (Phi) is 3.64. The van der Waals surface area contributed by atoms with Crippen molar-refractivity contribution in [2.45, 2.75) is 0 Å². The van der Waals surface area contributed by atoms with Crippen LogP contribution in [0.4, 0.5) is 0 Å². The van der Waals surface area contributed by atoms with Gasteiger partial charge in [-0.05, 0) is 6.07 Å². The highest BCUT2D eigenvalue weighted by molar-refractivity contribution is 6.39. The summed E-state index contributed by atoms with van der Waals surface area (Å²) >= 11 is 12.3. The van der Waals surface area contributed by atoms with Crippen LogP contribution in [-0.2, 0) is 0 Å². The van der Waals surface area contributed by atoms with Crippen LogP contribution in [0, 0.1) is 0 Å². The van der Waals surface area contributed by atoms with Crippen LogP contribution >= 0.6 is 23.2 Å². The SMILES string of the molecule is COc1c(Cl)cc(C2=NCCN2)c(OC)c1Cl. The molecule has 1 aliphatic heterocycles. The number of ether oxygens (including phenoxy) is 2. The Morgan fingerprint density at radius 2 is 1.94 bits per heavy atom. The molecule has 0 saturated carbocycles. The Balaban J connectivity index is 2.59. The number of benzene rings is 1. The molecule has 0 aromatic heterocycles. The van der Waals surface area contributed by atoms with Crippen molar-refractivity contribution in [1.29, 1.82) is 0 Å². The molecular weight excluding hydrogens is 263 g/mol. The second-order valence-electron chi connectivity index (χ2n) is 3.44. The highest BCUT2D eigenvalue weighted by atomic mass is 35.5. The zero-order chi connectivity index (χ0) is 12.4. The van der Waals surface area contributed by atoms with Gasteiger partial charge in [-0.2, -0.15) is 0 Å². The lowest BCUT2D eigenvalue weighted by molar-refractivity contribution is 0.394. The number of nitrogens with one attached hydrogen (secondary N) is 1. The summed E-state index contributed by atoms with van der Waals surface area (Å²) in [6.45, 7) is 1.54. The number of rotatable bonds is 3. The molecule has 2 rings (SSSR count). The van der Waals surface area contributed by atoms with E-state index in [1.807, 2.05) is 0 Å². The number of hydrogen-bond donors (Lipinski definition) is 1. The summed E-state index contributed by atoms with van der Waals surface area (Å²) in [4.78, 5) is 4.32. The molecule has 0 bridgehead atoms. The van der Waals surface area contributed by atoms with Gasteiger partial charge in [-0.15, -0.1) is 0 Å². The van der Waals surface area contributed by atoms with E-state index in [2.05, 4.69) is 10.3 Å². The number of halogens is 2. The molecule has 0 fully saturated rings. The van der Waals surface area contributed by atoms with Gasteiger partial charge in [0.1, 0.15) is 10.9 Å². The summed E-state index contributed by atoms with van der Waals surface area (Å²) in [5, 5.41) is 3.94. The standard InChI is InChI=1S/C11H12Cl2N2O2/c1-16-9-6(11-14-3-4-15-11)5-7(12)10(17-2)8(9)13/h5H,3-4H2,1-2H3,(H,14,15). The van der Waals surface area contributed by atoms with E-state index in [1.165, 1.54) is 7.11 Å². The second-order valence-corrected chi connectivity index (χ2v) is 4.23. The van der Waals surface area contributed by atoms with Crippen LogP contribution < -0.4 is 14.8 Å². The minimum absolute atomic E-state index is 0.355. The number of hydrogen-bond acceptors (Lipinski definition) is 4. The molecule has 1 heterocycles. The lowest BCUT2D eigenvalue weighted by Gasteiger charge is -2.14. The average molecular weight is 275 g/mol. The van der Waals surface area contributed by atoms with Crippen LogP contribution in [0.15, 0.2) is 11.1 Å². The van der Waals surface area contributed by atoms with Gasteiger partial charge in [0.15, 0.2) is 11.5 Å². The van der Waals surface area contributed by atoms with Crippen molar-refractivity contribution in [3.8, 4) is 11.5 Å². The molecule has 0 unspecified atom stereocenters. The van der Waals surface area contributed by atoms with Gasteiger partial charge in [0, 0.05) is 6.54 Å². The van der Waals surface area contributed by atoms with Crippen LogP contribution in [0.2, 0.25) is 10.0 Å². The van der Waals surface area contributed by atoms with Gasteiger partial charge in [0.2, 0.25) is 0 Å². The maximum atomic E-state index is 6.18. The first-order valence-corrected chi connectivity index (χ1v) is 5.83. The van der Waals surface area contributed by atoms with Gasteiger partial charge >= 0.3 is 0 Å². The molecule has 17 heavy (non-hydrogen) atoms. The molecule has 4 nitrogen and oxygen atoms in total. The molecule has 1 aliphatic rings. The van der Waals surface area contributed by atoms with Crippen molar-refractivity contribution >= 4 is 29.0 Å². The van der Waals surface area contributed by atoms with Crippen molar-refractivity contribution in [2.75, 3.05) is 27.3 Å². The summed E-state index contributed by atoms with van der Waals surface area (Å²) < 4.78 is 10.4. The zero-order valence-electron chi connectivity index (χ0n) is 9.51. The third kappa shape index (κ3) is 2.15. The molecule has 0 atom stereocenters. The van der Waals surface area contributed by atoms with E-state index in [4.69, 9.17) is 32.7 Å². The van der Waals surface area contributed by atoms with Gasteiger partial charge in [-0.25, -0.2) is 0 Å². The van der Waals surface area contributed by atoms with Crippen molar-refractivity contribution in [2.24, 2.45) is 4.99 Å².